The van der Waals surface area contributed by atoms with E-state index in [-0.39, 0.29) is 0 Å². The molecule has 1 atom stereocenters. The van der Waals surface area contributed by atoms with Crippen molar-refractivity contribution in [3.8, 4) is 0 Å². The number of nitrogens with one attached hydrogen (secondary N) is 2. The monoisotopic (exact) mass is 219 g/mol. The first kappa shape index (κ1) is 13.7. The smallest absolute Gasteiger partial charge is 0.328 e. The largest absolute Gasteiger partial charge is 0.480 e. The Bertz CT molecular complexity index is 222. The number of hydrogen-bond donors (Lipinski definition) is 4. The average molecular weight is 219 g/mol. The minimum absolute atomic E-state index is 0.458. The third-order valence-electron chi connectivity index (χ3n) is 1.82. The minimum atomic E-state index is -1.26. The van der Waals surface area contributed by atoms with E-state index < -0.39 is 24.6 Å². The molecular weight excluding hydrogens is 202 g/mol. The van der Waals surface area contributed by atoms with E-state index in [4.69, 9.17) is 10.2 Å². The molecule has 2 amide bonds. The molecule has 0 aliphatic carbocycles. The van der Waals surface area contributed by atoms with Crippen LogP contribution in [0.25, 0.3) is 0 Å². The fourth-order valence-electron chi connectivity index (χ4n) is 0.826. The summed E-state index contributed by atoms with van der Waals surface area (Å²) in [7, 11) is 3.29. The van der Waals surface area contributed by atoms with E-state index in [1.165, 1.54) is 4.90 Å². The van der Waals surface area contributed by atoms with Crippen molar-refractivity contribution in [1.29, 1.82) is 0 Å². The quantitative estimate of drug-likeness (QED) is 0.426. The van der Waals surface area contributed by atoms with E-state index in [2.05, 4.69) is 10.6 Å². The van der Waals surface area contributed by atoms with Crippen molar-refractivity contribution in [3.05, 3.63) is 0 Å². The lowest BCUT2D eigenvalue weighted by atomic mass is 10.3. The Kier molecular flexibility index (Phi) is 6.39. The van der Waals surface area contributed by atoms with Crippen molar-refractivity contribution < 1.29 is 19.8 Å². The van der Waals surface area contributed by atoms with Crippen LogP contribution in [0.4, 0.5) is 4.79 Å². The first-order valence-electron chi connectivity index (χ1n) is 4.52. The topological polar surface area (TPSA) is 102 Å². The molecule has 0 rings (SSSR count). The molecule has 0 saturated heterocycles. The van der Waals surface area contributed by atoms with Crippen LogP contribution in [-0.2, 0) is 4.79 Å². The van der Waals surface area contributed by atoms with Crippen LogP contribution in [0.3, 0.4) is 0 Å². The predicted octanol–water partition coefficient (Wildman–Crippen LogP) is -1.71. The summed E-state index contributed by atoms with van der Waals surface area (Å²) in [6, 6.07) is -1.78. The molecule has 0 aliphatic rings. The van der Waals surface area contributed by atoms with Gasteiger partial charge in [0.25, 0.3) is 0 Å². The van der Waals surface area contributed by atoms with Gasteiger partial charge in [-0.2, -0.15) is 0 Å². The molecule has 0 unspecified atom stereocenters. The van der Waals surface area contributed by atoms with E-state index in [9.17, 15) is 9.59 Å². The van der Waals surface area contributed by atoms with E-state index in [1.807, 2.05) is 0 Å². The number of aliphatic hydroxyl groups is 1. The zero-order chi connectivity index (χ0) is 11.8. The number of likely N-dealkylation sites (N-methyl/N-ethyl adjacent to an activating group) is 2. The van der Waals surface area contributed by atoms with E-state index in [0.29, 0.717) is 13.1 Å². The average Bonchev–Trinajstić information content (AvgIpc) is 2.21. The van der Waals surface area contributed by atoms with Crippen LogP contribution >= 0.6 is 0 Å². The van der Waals surface area contributed by atoms with Gasteiger partial charge in [0.15, 0.2) is 6.04 Å². The van der Waals surface area contributed by atoms with Crippen molar-refractivity contribution >= 4 is 12.0 Å². The van der Waals surface area contributed by atoms with E-state index in [1.54, 1.807) is 14.1 Å². The van der Waals surface area contributed by atoms with Crippen LogP contribution in [0.2, 0.25) is 0 Å². The number of rotatable bonds is 6. The molecular formula is C8H17N3O4. The number of amides is 2. The van der Waals surface area contributed by atoms with Gasteiger partial charge in [-0.05, 0) is 7.05 Å². The molecule has 0 aromatic carbocycles. The molecule has 0 aromatic rings. The summed E-state index contributed by atoms with van der Waals surface area (Å²) >= 11 is 0. The van der Waals surface area contributed by atoms with Gasteiger partial charge < -0.3 is 25.7 Å². The van der Waals surface area contributed by atoms with Gasteiger partial charge in [0.05, 0.1) is 6.61 Å². The molecule has 15 heavy (non-hydrogen) atoms. The number of hydrogen-bond acceptors (Lipinski definition) is 4. The minimum Gasteiger partial charge on any atom is -0.480 e. The van der Waals surface area contributed by atoms with Crippen molar-refractivity contribution in [2.75, 3.05) is 33.8 Å². The van der Waals surface area contributed by atoms with Crippen LogP contribution in [0.15, 0.2) is 0 Å². The van der Waals surface area contributed by atoms with Crippen molar-refractivity contribution in [3.63, 3.8) is 0 Å². The maximum atomic E-state index is 11.3. The second-order valence-electron chi connectivity index (χ2n) is 3.05. The molecule has 0 aliphatic heterocycles. The molecule has 0 saturated carbocycles. The standard InChI is InChI=1S/C8H17N3O4/c1-9-3-4-11(2)8(15)10-6(5-12)7(13)14/h6,9,12H,3-5H2,1-2H3,(H,10,15)(H,13,14)/t6-/m0/s1. The highest BCUT2D eigenvalue weighted by molar-refractivity contribution is 5.82. The molecule has 7 nitrogen and oxygen atoms in total. The maximum absolute atomic E-state index is 11.3. The van der Waals surface area contributed by atoms with Gasteiger partial charge in [-0.3, -0.25) is 0 Å². The third kappa shape index (κ3) is 5.18. The number of nitrogens with zero attached hydrogens (tertiary/aromatic N) is 1. The molecule has 0 heterocycles. The zero-order valence-corrected chi connectivity index (χ0v) is 8.86. The summed E-state index contributed by atoms with van der Waals surface area (Å²) in [6.45, 7) is 0.446. The third-order valence-corrected chi connectivity index (χ3v) is 1.82. The molecule has 0 aromatic heterocycles. The van der Waals surface area contributed by atoms with Crippen molar-refractivity contribution in [2.45, 2.75) is 6.04 Å². The summed E-state index contributed by atoms with van der Waals surface area (Å²) in [5, 5.41) is 22.3. The van der Waals surface area contributed by atoms with Crippen LogP contribution in [0.5, 0.6) is 0 Å². The van der Waals surface area contributed by atoms with Crippen LogP contribution in [0.1, 0.15) is 0 Å². The number of aliphatic hydroxyl groups excluding tert-OH is 1. The van der Waals surface area contributed by atoms with Gasteiger partial charge in [-0.25, -0.2) is 9.59 Å². The lowest BCUT2D eigenvalue weighted by Gasteiger charge is -2.20. The van der Waals surface area contributed by atoms with E-state index >= 15 is 0 Å². The second kappa shape index (κ2) is 7.02. The number of carboxylic acids is 1. The lowest BCUT2D eigenvalue weighted by molar-refractivity contribution is -0.140. The van der Waals surface area contributed by atoms with Gasteiger partial charge in [0.1, 0.15) is 0 Å². The van der Waals surface area contributed by atoms with Gasteiger partial charge in [-0.15, -0.1) is 0 Å². The first-order valence-corrected chi connectivity index (χ1v) is 4.52. The van der Waals surface area contributed by atoms with Crippen LogP contribution < -0.4 is 10.6 Å². The molecule has 4 N–H and O–H groups in total. The van der Waals surface area contributed by atoms with Gasteiger partial charge in [-0.1, -0.05) is 0 Å². The summed E-state index contributed by atoms with van der Waals surface area (Å²) in [4.78, 5) is 23.2. The Morgan fingerprint density at radius 3 is 2.47 bits per heavy atom. The Morgan fingerprint density at radius 1 is 1.47 bits per heavy atom. The van der Waals surface area contributed by atoms with Gasteiger partial charge in [0, 0.05) is 20.1 Å². The molecule has 0 spiro atoms. The lowest BCUT2D eigenvalue weighted by Crippen LogP contribution is -2.49. The molecule has 0 bridgehead atoms. The summed E-state index contributed by atoms with van der Waals surface area (Å²) in [5.41, 5.74) is 0. The predicted molar refractivity (Wildman–Crippen MR) is 53.6 cm³/mol. The first-order chi connectivity index (χ1) is 7.02. The highest BCUT2D eigenvalue weighted by Crippen LogP contribution is 1.88. The van der Waals surface area contributed by atoms with Gasteiger partial charge in [0.2, 0.25) is 0 Å². The molecule has 7 heteroatoms. The summed E-state index contributed by atoms with van der Waals surface area (Å²) in [6.07, 6.45) is 0. The zero-order valence-electron chi connectivity index (χ0n) is 8.86. The Morgan fingerprint density at radius 2 is 2.07 bits per heavy atom. The number of carboxylic acid groups (broad SMARTS) is 1. The van der Waals surface area contributed by atoms with Crippen molar-refractivity contribution in [2.24, 2.45) is 0 Å². The molecule has 88 valence electrons. The Hall–Kier alpha value is -1.34. The normalized spacial score (nSPS) is 11.9. The fraction of sp³-hybridized carbons (Fsp3) is 0.750. The number of carbonyl (C=O) groups is 2. The van der Waals surface area contributed by atoms with Crippen LogP contribution in [0, 0.1) is 0 Å². The number of aliphatic carboxylic acids is 1. The van der Waals surface area contributed by atoms with Crippen LogP contribution in [-0.4, -0.2) is 66.9 Å². The second-order valence-corrected chi connectivity index (χ2v) is 3.05. The van der Waals surface area contributed by atoms with E-state index in [0.717, 1.165) is 0 Å². The summed E-state index contributed by atoms with van der Waals surface area (Å²) in [5.74, 6) is -1.26. The highest BCUT2D eigenvalue weighted by atomic mass is 16.4. The highest BCUT2D eigenvalue weighted by Gasteiger charge is 2.20. The number of carbonyl (C=O) groups excluding carboxylic acids is 1. The maximum Gasteiger partial charge on any atom is 0.328 e. The summed E-state index contributed by atoms with van der Waals surface area (Å²) < 4.78 is 0. The number of urea groups is 1. The SMILES string of the molecule is CNCCN(C)C(=O)N[C@@H](CO)C(=O)O. The van der Waals surface area contributed by atoms with Crippen molar-refractivity contribution in [1.82, 2.24) is 15.5 Å². The molecule has 0 radical (unpaired) electrons. The Balaban J connectivity index is 4.04. The Labute approximate surface area is 88.1 Å². The van der Waals surface area contributed by atoms with Gasteiger partial charge >= 0.3 is 12.0 Å². The molecule has 0 fully saturated rings. The fourth-order valence-corrected chi connectivity index (χ4v) is 0.826.